The van der Waals surface area contributed by atoms with Crippen molar-refractivity contribution >= 4 is 36.0 Å². The third-order valence-electron chi connectivity index (χ3n) is 4.01. The quantitative estimate of drug-likeness (QED) is 0.253. The number of methoxy groups -OCH3 is 2. The second-order valence-corrected chi connectivity index (χ2v) is 7.63. The first-order valence-electron chi connectivity index (χ1n) is 9.87. The average Bonchev–Trinajstić information content (AvgIpc) is 2.66. The van der Waals surface area contributed by atoms with Crippen molar-refractivity contribution in [1.29, 1.82) is 0 Å². The third-order valence-corrected chi connectivity index (χ3v) is 4.01. The maximum atomic E-state index is 12.1. The molecule has 0 aliphatic carbocycles. The zero-order chi connectivity index (χ0) is 21.9. The molecule has 172 valence electrons. The third kappa shape index (κ3) is 10.7. The maximum absolute atomic E-state index is 12.1. The van der Waals surface area contributed by atoms with Crippen LogP contribution in [-0.2, 0) is 11.3 Å². The number of benzene rings is 1. The number of hydrogen-bond acceptors (Lipinski definition) is 5. The minimum Gasteiger partial charge on any atom is -0.493 e. The van der Waals surface area contributed by atoms with Gasteiger partial charge in [0.15, 0.2) is 17.5 Å². The van der Waals surface area contributed by atoms with Crippen molar-refractivity contribution < 1.29 is 19.0 Å². The molecule has 3 N–H and O–H groups in total. The summed E-state index contributed by atoms with van der Waals surface area (Å²) in [5.74, 6) is 2.01. The lowest BCUT2D eigenvalue weighted by Crippen LogP contribution is -2.48. The van der Waals surface area contributed by atoms with Crippen LogP contribution in [0.3, 0.4) is 0 Å². The normalized spacial score (nSPS) is 12.3. The van der Waals surface area contributed by atoms with E-state index in [1.807, 2.05) is 39.0 Å². The number of alkyl carbamates (subject to hydrolysis) is 1. The van der Waals surface area contributed by atoms with Gasteiger partial charge in [-0.05, 0) is 44.9 Å². The van der Waals surface area contributed by atoms with E-state index in [-0.39, 0.29) is 30.0 Å². The van der Waals surface area contributed by atoms with Gasteiger partial charge in [-0.1, -0.05) is 19.4 Å². The van der Waals surface area contributed by atoms with E-state index in [4.69, 9.17) is 14.2 Å². The Morgan fingerprint density at radius 1 is 1.13 bits per heavy atom. The molecule has 0 saturated carbocycles. The SMILES string of the molecule is CCCC(CNC(=NC)NCc1ccc(OC)c(OC)c1)NC(=O)OC(C)(C)C.I. The van der Waals surface area contributed by atoms with Crippen molar-refractivity contribution in [2.24, 2.45) is 4.99 Å². The number of carbonyl (C=O) groups excluding carboxylic acids is 1. The molecule has 0 fully saturated rings. The molecule has 0 aliphatic heterocycles. The van der Waals surface area contributed by atoms with Crippen LogP contribution in [0.4, 0.5) is 4.79 Å². The monoisotopic (exact) mass is 536 g/mol. The zero-order valence-corrected chi connectivity index (χ0v) is 21.5. The summed E-state index contributed by atoms with van der Waals surface area (Å²) in [5.41, 5.74) is 0.508. The summed E-state index contributed by atoms with van der Waals surface area (Å²) in [6.07, 6.45) is 1.37. The van der Waals surface area contributed by atoms with Gasteiger partial charge in [0, 0.05) is 26.2 Å². The van der Waals surface area contributed by atoms with Crippen molar-refractivity contribution in [3.63, 3.8) is 0 Å². The van der Waals surface area contributed by atoms with Gasteiger partial charge in [0.25, 0.3) is 0 Å². The Labute approximate surface area is 197 Å². The molecule has 0 saturated heterocycles. The van der Waals surface area contributed by atoms with Gasteiger partial charge in [-0.3, -0.25) is 4.99 Å². The predicted molar refractivity (Wildman–Crippen MR) is 131 cm³/mol. The number of hydrogen-bond donors (Lipinski definition) is 3. The largest absolute Gasteiger partial charge is 0.493 e. The van der Waals surface area contributed by atoms with E-state index in [0.29, 0.717) is 30.5 Å². The highest BCUT2D eigenvalue weighted by atomic mass is 127. The molecule has 30 heavy (non-hydrogen) atoms. The summed E-state index contributed by atoms with van der Waals surface area (Å²) in [6, 6.07) is 5.69. The molecule has 1 amide bonds. The van der Waals surface area contributed by atoms with Crippen LogP contribution < -0.4 is 25.4 Å². The van der Waals surface area contributed by atoms with E-state index in [9.17, 15) is 4.79 Å². The van der Waals surface area contributed by atoms with E-state index < -0.39 is 11.7 Å². The number of guanidine groups is 1. The molecule has 1 unspecified atom stereocenters. The Morgan fingerprint density at radius 3 is 2.33 bits per heavy atom. The average molecular weight is 536 g/mol. The molecular weight excluding hydrogens is 499 g/mol. The van der Waals surface area contributed by atoms with Crippen LogP contribution in [-0.4, -0.2) is 51.5 Å². The van der Waals surface area contributed by atoms with Gasteiger partial charge in [-0.2, -0.15) is 0 Å². The number of aliphatic imine (C=N–C) groups is 1. The Hall–Kier alpha value is -1.91. The highest BCUT2D eigenvalue weighted by molar-refractivity contribution is 14.0. The van der Waals surface area contributed by atoms with E-state index in [1.165, 1.54) is 0 Å². The minimum absolute atomic E-state index is 0. The first kappa shape index (κ1) is 28.1. The highest BCUT2D eigenvalue weighted by Gasteiger charge is 2.19. The van der Waals surface area contributed by atoms with Gasteiger partial charge < -0.3 is 30.2 Å². The smallest absolute Gasteiger partial charge is 0.407 e. The van der Waals surface area contributed by atoms with Crippen LogP contribution in [0.2, 0.25) is 0 Å². The molecule has 9 heteroatoms. The number of nitrogens with zero attached hydrogens (tertiary/aromatic N) is 1. The van der Waals surface area contributed by atoms with Crippen LogP contribution in [0.15, 0.2) is 23.2 Å². The molecular formula is C21H37IN4O4. The van der Waals surface area contributed by atoms with Gasteiger partial charge in [0.05, 0.1) is 14.2 Å². The summed E-state index contributed by atoms with van der Waals surface area (Å²) in [4.78, 5) is 16.3. The lowest BCUT2D eigenvalue weighted by molar-refractivity contribution is 0.0502. The van der Waals surface area contributed by atoms with E-state index in [2.05, 4.69) is 27.9 Å². The molecule has 0 radical (unpaired) electrons. The lowest BCUT2D eigenvalue weighted by atomic mass is 10.1. The first-order chi connectivity index (χ1) is 13.7. The standard InChI is InChI=1S/C21H36N4O4.HI/c1-8-9-16(25-20(26)29-21(2,3)4)14-24-19(22-5)23-13-15-10-11-17(27-6)18(12-15)28-7;/h10-12,16H,8-9,13-14H2,1-7H3,(H,25,26)(H2,22,23,24);1H. The number of carbonyl (C=O) groups is 1. The van der Waals surface area contributed by atoms with Crippen molar-refractivity contribution in [1.82, 2.24) is 16.0 Å². The number of ether oxygens (including phenoxy) is 3. The van der Waals surface area contributed by atoms with Crippen molar-refractivity contribution in [3.8, 4) is 11.5 Å². The molecule has 8 nitrogen and oxygen atoms in total. The van der Waals surface area contributed by atoms with Gasteiger partial charge in [0.1, 0.15) is 5.60 Å². The molecule has 0 aliphatic rings. The Kier molecular flexibility index (Phi) is 13.3. The summed E-state index contributed by atoms with van der Waals surface area (Å²) in [7, 11) is 4.93. The van der Waals surface area contributed by atoms with E-state index in [0.717, 1.165) is 18.4 Å². The lowest BCUT2D eigenvalue weighted by Gasteiger charge is -2.24. The molecule has 0 aromatic heterocycles. The van der Waals surface area contributed by atoms with E-state index >= 15 is 0 Å². The summed E-state index contributed by atoms with van der Waals surface area (Å²) >= 11 is 0. The molecule has 0 bridgehead atoms. The van der Waals surface area contributed by atoms with E-state index in [1.54, 1.807) is 21.3 Å². The second-order valence-electron chi connectivity index (χ2n) is 7.63. The number of amides is 1. The summed E-state index contributed by atoms with van der Waals surface area (Å²) < 4.78 is 15.9. The van der Waals surface area contributed by atoms with Gasteiger partial charge >= 0.3 is 6.09 Å². The van der Waals surface area contributed by atoms with Gasteiger partial charge in [-0.15, -0.1) is 24.0 Å². The first-order valence-corrected chi connectivity index (χ1v) is 9.87. The Balaban J connectivity index is 0.00000841. The molecule has 1 aromatic carbocycles. The molecule has 1 atom stereocenters. The molecule has 1 rings (SSSR count). The maximum Gasteiger partial charge on any atom is 0.407 e. The summed E-state index contributed by atoms with van der Waals surface area (Å²) in [6.45, 7) is 8.73. The number of halogens is 1. The summed E-state index contributed by atoms with van der Waals surface area (Å²) in [5, 5.41) is 9.44. The van der Waals surface area contributed by atoms with Gasteiger partial charge in [-0.25, -0.2) is 4.79 Å². The van der Waals surface area contributed by atoms with Crippen LogP contribution in [0, 0.1) is 0 Å². The zero-order valence-electron chi connectivity index (χ0n) is 19.1. The van der Waals surface area contributed by atoms with Gasteiger partial charge in [0.2, 0.25) is 0 Å². The van der Waals surface area contributed by atoms with Crippen LogP contribution in [0.25, 0.3) is 0 Å². The minimum atomic E-state index is -0.523. The fourth-order valence-corrected chi connectivity index (χ4v) is 2.66. The van der Waals surface area contributed by atoms with Crippen LogP contribution in [0.1, 0.15) is 46.1 Å². The Morgan fingerprint density at radius 2 is 1.80 bits per heavy atom. The topological polar surface area (TPSA) is 93.2 Å². The fraction of sp³-hybridized carbons (Fsp3) is 0.619. The van der Waals surface area contributed by atoms with Crippen molar-refractivity contribution in [3.05, 3.63) is 23.8 Å². The second kappa shape index (κ2) is 14.2. The number of rotatable bonds is 9. The van der Waals surface area contributed by atoms with Crippen molar-refractivity contribution in [2.45, 2.75) is 58.7 Å². The predicted octanol–water partition coefficient (Wildman–Crippen LogP) is 3.68. The number of nitrogens with one attached hydrogen (secondary N) is 3. The fourth-order valence-electron chi connectivity index (χ4n) is 2.66. The van der Waals surface area contributed by atoms with Crippen LogP contribution in [0.5, 0.6) is 11.5 Å². The highest BCUT2D eigenvalue weighted by Crippen LogP contribution is 2.27. The van der Waals surface area contributed by atoms with Crippen LogP contribution >= 0.6 is 24.0 Å². The molecule has 1 aromatic rings. The van der Waals surface area contributed by atoms with Crippen molar-refractivity contribution in [2.75, 3.05) is 27.8 Å². The Bertz CT molecular complexity index is 677. The molecule has 0 heterocycles. The molecule has 0 spiro atoms.